The Hall–Kier alpha value is -2.08. The van der Waals surface area contributed by atoms with Gasteiger partial charge in [0.15, 0.2) is 0 Å². The van der Waals surface area contributed by atoms with Crippen molar-refractivity contribution in [1.82, 2.24) is 9.80 Å². The van der Waals surface area contributed by atoms with E-state index in [1.165, 1.54) is 0 Å². The molecule has 150 valence electrons. The fraction of sp³-hybridized carbons (Fsp3) is 0.409. The zero-order valence-corrected chi connectivity index (χ0v) is 17.0. The zero-order chi connectivity index (χ0) is 19.8. The lowest BCUT2D eigenvalue weighted by Gasteiger charge is -2.38. The highest BCUT2D eigenvalue weighted by molar-refractivity contribution is 6.31. The topological polar surface area (TPSA) is 42.0 Å². The van der Waals surface area contributed by atoms with Crippen molar-refractivity contribution in [3.8, 4) is 5.75 Å². The summed E-state index contributed by atoms with van der Waals surface area (Å²) < 4.78 is 11.0. The summed E-state index contributed by atoms with van der Waals surface area (Å²) in [5.41, 5.74) is 1.13. The molecule has 0 aliphatic carbocycles. The Morgan fingerprint density at radius 3 is 2.39 bits per heavy atom. The highest BCUT2D eigenvalue weighted by Crippen LogP contribution is 2.27. The van der Waals surface area contributed by atoms with Crippen LogP contribution in [0.15, 0.2) is 54.6 Å². The fourth-order valence-electron chi connectivity index (χ4n) is 3.36. The second-order valence-electron chi connectivity index (χ2n) is 6.83. The molecule has 0 N–H and O–H groups in total. The van der Waals surface area contributed by atoms with E-state index in [9.17, 15) is 4.79 Å². The molecule has 0 bridgehead atoms. The molecule has 2 aromatic rings. The molecular formula is C22H27ClN2O3. The maximum atomic E-state index is 12.4. The predicted octanol–water partition coefficient (Wildman–Crippen LogP) is 3.64. The molecule has 0 spiro atoms. The number of halogens is 1. The van der Waals surface area contributed by atoms with Crippen molar-refractivity contribution in [3.63, 3.8) is 0 Å². The number of rotatable bonds is 8. The molecule has 3 rings (SSSR count). The van der Waals surface area contributed by atoms with Crippen molar-refractivity contribution in [2.24, 2.45) is 0 Å². The zero-order valence-electron chi connectivity index (χ0n) is 16.2. The monoisotopic (exact) mass is 402 g/mol. The molecule has 0 aromatic heterocycles. The van der Waals surface area contributed by atoms with Gasteiger partial charge in [0, 0.05) is 37.2 Å². The molecule has 28 heavy (non-hydrogen) atoms. The summed E-state index contributed by atoms with van der Waals surface area (Å²) in [5, 5.41) is 0.791. The lowest BCUT2D eigenvalue weighted by Crippen LogP contribution is -2.50. The van der Waals surface area contributed by atoms with Gasteiger partial charge in [0.25, 0.3) is 0 Å². The Labute approximate surface area is 171 Å². The molecule has 1 atom stereocenters. The number of carbonyl (C=O) groups excluding carboxylic acids is 1. The van der Waals surface area contributed by atoms with Crippen LogP contribution < -0.4 is 4.74 Å². The third-order valence-electron chi connectivity index (χ3n) is 5.04. The summed E-state index contributed by atoms with van der Waals surface area (Å²) in [6, 6.07) is 17.8. The first kappa shape index (κ1) is 20.6. The molecule has 0 radical (unpaired) electrons. The van der Waals surface area contributed by atoms with E-state index in [0.29, 0.717) is 26.3 Å². The average molecular weight is 403 g/mol. The van der Waals surface area contributed by atoms with E-state index in [4.69, 9.17) is 21.1 Å². The van der Waals surface area contributed by atoms with Crippen LogP contribution in [0.2, 0.25) is 5.02 Å². The van der Waals surface area contributed by atoms with E-state index in [0.717, 1.165) is 29.4 Å². The van der Waals surface area contributed by atoms with Crippen LogP contribution in [-0.4, -0.2) is 61.7 Å². The van der Waals surface area contributed by atoms with Crippen LogP contribution in [0.25, 0.3) is 0 Å². The summed E-state index contributed by atoms with van der Waals surface area (Å²) in [6.07, 6.45) is 0. The number of hydrogen-bond donors (Lipinski definition) is 0. The molecule has 1 saturated heterocycles. The van der Waals surface area contributed by atoms with Gasteiger partial charge in [-0.1, -0.05) is 48.0 Å². The number of carbonyl (C=O) groups is 1. The van der Waals surface area contributed by atoms with E-state index in [1.54, 1.807) is 0 Å². The van der Waals surface area contributed by atoms with Crippen LogP contribution >= 0.6 is 11.6 Å². The van der Waals surface area contributed by atoms with Crippen molar-refractivity contribution in [3.05, 3.63) is 65.2 Å². The lowest BCUT2D eigenvalue weighted by atomic mass is 10.1. The van der Waals surface area contributed by atoms with E-state index >= 15 is 0 Å². The second kappa shape index (κ2) is 10.5. The highest BCUT2D eigenvalue weighted by Gasteiger charge is 2.25. The summed E-state index contributed by atoms with van der Waals surface area (Å²) in [4.78, 5) is 16.6. The predicted molar refractivity (Wildman–Crippen MR) is 111 cm³/mol. The van der Waals surface area contributed by atoms with Crippen LogP contribution in [0.4, 0.5) is 0 Å². The Morgan fingerprint density at radius 2 is 1.68 bits per heavy atom. The van der Waals surface area contributed by atoms with Crippen LogP contribution in [0.1, 0.15) is 18.5 Å². The molecule has 1 unspecified atom stereocenters. The Balaban J connectivity index is 1.35. The van der Waals surface area contributed by atoms with Crippen molar-refractivity contribution in [2.75, 3.05) is 46.0 Å². The minimum Gasteiger partial charge on any atom is -0.491 e. The van der Waals surface area contributed by atoms with Crippen molar-refractivity contribution < 1.29 is 14.3 Å². The minimum atomic E-state index is 0.0322. The van der Waals surface area contributed by atoms with Crippen molar-refractivity contribution in [2.45, 2.75) is 13.0 Å². The lowest BCUT2D eigenvalue weighted by molar-refractivity contribution is -0.138. The largest absolute Gasteiger partial charge is 0.491 e. The molecule has 2 aromatic carbocycles. The number of para-hydroxylation sites is 1. The smallest absolute Gasteiger partial charge is 0.248 e. The van der Waals surface area contributed by atoms with Crippen molar-refractivity contribution >= 4 is 17.5 Å². The van der Waals surface area contributed by atoms with Gasteiger partial charge in [0.05, 0.1) is 6.61 Å². The van der Waals surface area contributed by atoms with Gasteiger partial charge in [0.1, 0.15) is 19.0 Å². The normalized spacial score (nSPS) is 16.0. The number of amides is 1. The Kier molecular flexibility index (Phi) is 7.71. The Bertz CT molecular complexity index is 748. The summed E-state index contributed by atoms with van der Waals surface area (Å²) in [5.74, 6) is 0.839. The third-order valence-corrected chi connectivity index (χ3v) is 5.38. The summed E-state index contributed by atoms with van der Waals surface area (Å²) >= 11 is 6.32. The summed E-state index contributed by atoms with van der Waals surface area (Å²) in [7, 11) is 0. The van der Waals surface area contributed by atoms with Crippen LogP contribution in [-0.2, 0) is 9.53 Å². The molecule has 1 heterocycles. The molecule has 6 heteroatoms. The van der Waals surface area contributed by atoms with Gasteiger partial charge in [-0.25, -0.2) is 0 Å². The number of hydrogen-bond acceptors (Lipinski definition) is 4. The first-order valence-electron chi connectivity index (χ1n) is 9.67. The van der Waals surface area contributed by atoms with Crippen molar-refractivity contribution in [1.29, 1.82) is 0 Å². The van der Waals surface area contributed by atoms with Crippen LogP contribution in [0.3, 0.4) is 0 Å². The van der Waals surface area contributed by atoms with Gasteiger partial charge < -0.3 is 14.4 Å². The third kappa shape index (κ3) is 5.71. The Morgan fingerprint density at radius 1 is 1.00 bits per heavy atom. The SMILES string of the molecule is CC(c1ccccc1Cl)N1CCN(C(=O)COCCOc2ccccc2)CC1. The number of benzene rings is 2. The van der Waals surface area contributed by atoms with E-state index in [-0.39, 0.29) is 18.6 Å². The van der Waals surface area contributed by atoms with Gasteiger partial charge in [0.2, 0.25) is 5.91 Å². The number of nitrogens with zero attached hydrogens (tertiary/aromatic N) is 2. The van der Waals surface area contributed by atoms with Gasteiger partial charge in [-0.2, -0.15) is 0 Å². The van der Waals surface area contributed by atoms with Gasteiger partial charge in [-0.15, -0.1) is 0 Å². The molecule has 1 aliphatic heterocycles. The van der Waals surface area contributed by atoms with E-state index in [2.05, 4.69) is 17.9 Å². The molecule has 1 aliphatic rings. The van der Waals surface area contributed by atoms with Gasteiger partial charge in [-0.05, 0) is 30.7 Å². The maximum Gasteiger partial charge on any atom is 0.248 e. The first-order chi connectivity index (χ1) is 13.6. The van der Waals surface area contributed by atoms with Crippen LogP contribution in [0.5, 0.6) is 5.75 Å². The highest BCUT2D eigenvalue weighted by atomic mass is 35.5. The number of ether oxygens (including phenoxy) is 2. The minimum absolute atomic E-state index is 0.0322. The first-order valence-corrected chi connectivity index (χ1v) is 10.0. The maximum absolute atomic E-state index is 12.4. The quantitative estimate of drug-likeness (QED) is 0.632. The average Bonchev–Trinajstić information content (AvgIpc) is 2.74. The number of piperazine rings is 1. The van der Waals surface area contributed by atoms with E-state index in [1.807, 2.05) is 53.4 Å². The molecular weight excluding hydrogens is 376 g/mol. The van der Waals surface area contributed by atoms with Gasteiger partial charge in [-0.3, -0.25) is 9.69 Å². The molecule has 1 amide bonds. The second-order valence-corrected chi connectivity index (χ2v) is 7.24. The standard InChI is InChI=1S/C22H27ClN2O3/c1-18(20-9-5-6-10-21(20)23)24-11-13-25(14-12-24)22(26)17-27-15-16-28-19-7-3-2-4-8-19/h2-10,18H,11-17H2,1H3. The molecule has 0 saturated carbocycles. The van der Waals surface area contributed by atoms with Gasteiger partial charge >= 0.3 is 0 Å². The fourth-order valence-corrected chi connectivity index (χ4v) is 3.65. The van der Waals surface area contributed by atoms with E-state index < -0.39 is 0 Å². The molecule has 1 fully saturated rings. The molecule has 5 nitrogen and oxygen atoms in total. The van der Waals surface area contributed by atoms with Crippen LogP contribution in [0, 0.1) is 0 Å². The summed E-state index contributed by atoms with van der Waals surface area (Å²) in [6.45, 7) is 6.15.